The van der Waals surface area contributed by atoms with Gasteiger partial charge in [0, 0.05) is 19.2 Å². The maximum absolute atomic E-state index is 11.8. The van der Waals surface area contributed by atoms with Crippen LogP contribution >= 0.6 is 0 Å². The van der Waals surface area contributed by atoms with Crippen molar-refractivity contribution >= 4 is 11.6 Å². The van der Waals surface area contributed by atoms with E-state index in [4.69, 9.17) is 0 Å². The van der Waals surface area contributed by atoms with Crippen molar-refractivity contribution in [3.8, 4) is 0 Å². The standard InChI is InChI=1S/C14H19N5O/c20-14(11-5-3-8-15-11)16-9-4-7-13-18-17-12-6-1-2-10-19(12)13/h1-2,6,10-11,15H,3-5,7-9H2,(H,16,20)/t11-/m1/s1. The molecule has 0 aromatic carbocycles. The fourth-order valence-corrected chi connectivity index (χ4v) is 2.55. The number of rotatable bonds is 5. The van der Waals surface area contributed by atoms with Crippen molar-refractivity contribution in [2.24, 2.45) is 0 Å². The van der Waals surface area contributed by atoms with Crippen LogP contribution in [0.2, 0.25) is 0 Å². The molecule has 2 aromatic heterocycles. The monoisotopic (exact) mass is 273 g/mol. The number of nitrogens with zero attached hydrogens (tertiary/aromatic N) is 3. The van der Waals surface area contributed by atoms with E-state index >= 15 is 0 Å². The predicted octanol–water partition coefficient (Wildman–Crippen LogP) is 0.530. The molecule has 1 aliphatic heterocycles. The highest BCUT2D eigenvalue weighted by Crippen LogP contribution is 2.06. The lowest BCUT2D eigenvalue weighted by molar-refractivity contribution is -0.122. The Hall–Kier alpha value is -1.95. The van der Waals surface area contributed by atoms with E-state index in [1.165, 1.54) is 0 Å². The number of nitrogens with one attached hydrogen (secondary N) is 2. The van der Waals surface area contributed by atoms with E-state index in [1.54, 1.807) is 0 Å². The van der Waals surface area contributed by atoms with Crippen molar-refractivity contribution in [1.29, 1.82) is 0 Å². The molecule has 1 fully saturated rings. The first-order valence-corrected chi connectivity index (χ1v) is 7.14. The fraction of sp³-hybridized carbons (Fsp3) is 0.500. The van der Waals surface area contributed by atoms with Crippen LogP contribution < -0.4 is 10.6 Å². The van der Waals surface area contributed by atoms with Crippen molar-refractivity contribution in [1.82, 2.24) is 25.2 Å². The van der Waals surface area contributed by atoms with Crippen LogP contribution in [-0.2, 0) is 11.2 Å². The molecule has 6 heteroatoms. The van der Waals surface area contributed by atoms with Crippen LogP contribution in [0.1, 0.15) is 25.1 Å². The van der Waals surface area contributed by atoms with Crippen LogP contribution in [0.4, 0.5) is 0 Å². The van der Waals surface area contributed by atoms with Crippen molar-refractivity contribution in [3.05, 3.63) is 30.2 Å². The summed E-state index contributed by atoms with van der Waals surface area (Å²) < 4.78 is 1.99. The van der Waals surface area contributed by atoms with Gasteiger partial charge in [-0.3, -0.25) is 9.20 Å². The summed E-state index contributed by atoms with van der Waals surface area (Å²) in [6.45, 7) is 1.63. The molecule has 3 rings (SSSR count). The largest absolute Gasteiger partial charge is 0.355 e. The molecule has 20 heavy (non-hydrogen) atoms. The molecule has 2 aromatic rings. The van der Waals surface area contributed by atoms with Gasteiger partial charge in [0.25, 0.3) is 0 Å². The smallest absolute Gasteiger partial charge is 0.237 e. The first-order valence-electron chi connectivity index (χ1n) is 7.14. The number of hydrogen-bond donors (Lipinski definition) is 2. The van der Waals surface area contributed by atoms with E-state index in [1.807, 2.05) is 28.8 Å². The first kappa shape index (κ1) is 13.1. The van der Waals surface area contributed by atoms with Gasteiger partial charge in [-0.05, 0) is 37.9 Å². The Morgan fingerprint density at radius 2 is 2.40 bits per heavy atom. The first-order chi connectivity index (χ1) is 9.84. The van der Waals surface area contributed by atoms with Crippen LogP contribution in [-0.4, -0.2) is 39.6 Å². The fourth-order valence-electron chi connectivity index (χ4n) is 2.55. The van der Waals surface area contributed by atoms with E-state index in [0.717, 1.165) is 43.7 Å². The van der Waals surface area contributed by atoms with Gasteiger partial charge in [-0.25, -0.2) is 0 Å². The molecule has 3 heterocycles. The summed E-state index contributed by atoms with van der Waals surface area (Å²) in [5.41, 5.74) is 0.863. The van der Waals surface area contributed by atoms with Gasteiger partial charge >= 0.3 is 0 Å². The van der Waals surface area contributed by atoms with Gasteiger partial charge in [0.1, 0.15) is 5.82 Å². The maximum atomic E-state index is 11.8. The molecule has 0 saturated carbocycles. The van der Waals surface area contributed by atoms with Gasteiger partial charge in [0.15, 0.2) is 5.65 Å². The Balaban J connectivity index is 1.47. The average molecular weight is 273 g/mol. The molecule has 0 unspecified atom stereocenters. The van der Waals surface area contributed by atoms with Crippen LogP contribution in [0.3, 0.4) is 0 Å². The van der Waals surface area contributed by atoms with Crippen LogP contribution in [0, 0.1) is 0 Å². The van der Waals surface area contributed by atoms with E-state index in [2.05, 4.69) is 20.8 Å². The summed E-state index contributed by atoms with van der Waals surface area (Å²) in [7, 11) is 0. The minimum absolute atomic E-state index is 0.00363. The molecule has 1 aliphatic rings. The molecule has 6 nitrogen and oxygen atoms in total. The number of hydrogen-bond acceptors (Lipinski definition) is 4. The number of fused-ring (bicyclic) bond motifs is 1. The third-order valence-corrected chi connectivity index (χ3v) is 3.64. The Morgan fingerprint density at radius 1 is 1.45 bits per heavy atom. The van der Waals surface area contributed by atoms with Crippen LogP contribution in [0.15, 0.2) is 24.4 Å². The second-order valence-corrected chi connectivity index (χ2v) is 5.09. The quantitative estimate of drug-likeness (QED) is 0.780. The zero-order valence-corrected chi connectivity index (χ0v) is 11.4. The average Bonchev–Trinajstić information content (AvgIpc) is 3.13. The number of carbonyl (C=O) groups is 1. The highest BCUT2D eigenvalue weighted by Gasteiger charge is 2.21. The maximum Gasteiger partial charge on any atom is 0.237 e. The van der Waals surface area contributed by atoms with Gasteiger partial charge in [-0.1, -0.05) is 6.07 Å². The molecular formula is C14H19N5O. The molecule has 0 bridgehead atoms. The molecule has 106 valence electrons. The van der Waals surface area contributed by atoms with Gasteiger partial charge in [0.05, 0.1) is 6.04 Å². The second kappa shape index (κ2) is 6.00. The van der Waals surface area contributed by atoms with Gasteiger partial charge in [0.2, 0.25) is 5.91 Å². The topological polar surface area (TPSA) is 71.3 Å². The third-order valence-electron chi connectivity index (χ3n) is 3.64. The predicted molar refractivity (Wildman–Crippen MR) is 75.3 cm³/mol. The minimum Gasteiger partial charge on any atom is -0.355 e. The lowest BCUT2D eigenvalue weighted by Crippen LogP contribution is -2.40. The molecule has 1 amide bonds. The van der Waals surface area contributed by atoms with Crippen LogP contribution in [0.25, 0.3) is 5.65 Å². The van der Waals surface area contributed by atoms with Crippen molar-refractivity contribution in [2.45, 2.75) is 31.7 Å². The lowest BCUT2D eigenvalue weighted by atomic mass is 10.2. The number of carbonyl (C=O) groups excluding carboxylic acids is 1. The molecule has 0 spiro atoms. The van der Waals surface area contributed by atoms with Crippen molar-refractivity contribution in [2.75, 3.05) is 13.1 Å². The number of aromatic nitrogens is 3. The summed E-state index contributed by atoms with van der Waals surface area (Å²) >= 11 is 0. The molecule has 0 aliphatic carbocycles. The minimum atomic E-state index is 0.00363. The highest BCUT2D eigenvalue weighted by atomic mass is 16.2. The normalized spacial score (nSPS) is 18.5. The molecule has 0 radical (unpaired) electrons. The summed E-state index contributed by atoms with van der Waals surface area (Å²) in [5, 5.41) is 14.5. The number of amides is 1. The zero-order valence-electron chi connectivity index (χ0n) is 11.4. The molecule has 2 N–H and O–H groups in total. The van der Waals surface area contributed by atoms with Gasteiger partial charge < -0.3 is 10.6 Å². The Morgan fingerprint density at radius 3 is 3.25 bits per heavy atom. The third kappa shape index (κ3) is 2.80. The zero-order chi connectivity index (χ0) is 13.8. The van der Waals surface area contributed by atoms with Gasteiger partial charge in [-0.2, -0.15) is 0 Å². The van der Waals surface area contributed by atoms with E-state index in [-0.39, 0.29) is 11.9 Å². The van der Waals surface area contributed by atoms with E-state index in [9.17, 15) is 4.79 Å². The molecule has 1 saturated heterocycles. The Bertz CT molecular complexity index is 588. The lowest BCUT2D eigenvalue weighted by Gasteiger charge is -2.10. The Labute approximate surface area is 117 Å². The summed E-state index contributed by atoms with van der Waals surface area (Å²) in [4.78, 5) is 11.8. The summed E-state index contributed by atoms with van der Waals surface area (Å²) in [6.07, 6.45) is 5.67. The number of pyridine rings is 1. The summed E-state index contributed by atoms with van der Waals surface area (Å²) in [6, 6.07) is 5.85. The summed E-state index contributed by atoms with van der Waals surface area (Å²) in [5.74, 6) is 1.06. The molecular weight excluding hydrogens is 254 g/mol. The Kier molecular flexibility index (Phi) is 3.92. The van der Waals surface area contributed by atoms with Crippen LogP contribution in [0.5, 0.6) is 0 Å². The van der Waals surface area contributed by atoms with Crippen molar-refractivity contribution < 1.29 is 4.79 Å². The second-order valence-electron chi connectivity index (χ2n) is 5.09. The van der Waals surface area contributed by atoms with E-state index < -0.39 is 0 Å². The SMILES string of the molecule is O=C(NCCCc1nnc2ccccn12)[C@H]1CCCN1. The highest BCUT2D eigenvalue weighted by molar-refractivity contribution is 5.81. The van der Waals surface area contributed by atoms with Crippen molar-refractivity contribution in [3.63, 3.8) is 0 Å². The number of aryl methyl sites for hydroxylation is 1. The van der Waals surface area contributed by atoms with E-state index in [0.29, 0.717) is 6.54 Å². The molecule has 1 atom stereocenters. The van der Waals surface area contributed by atoms with Gasteiger partial charge in [-0.15, -0.1) is 10.2 Å².